The molecule has 0 N–H and O–H groups in total. The molecule has 0 amide bonds. The third kappa shape index (κ3) is 4.79. The summed E-state index contributed by atoms with van der Waals surface area (Å²) in [6, 6.07) is 0. The molecular weight excluding hydrogens is 152 g/mol. The molecule has 0 aliphatic heterocycles. The van der Waals surface area contributed by atoms with Gasteiger partial charge in [0.1, 0.15) is 6.11 Å². The van der Waals surface area contributed by atoms with Crippen LogP contribution in [0.4, 0.5) is 0 Å². The highest BCUT2D eigenvalue weighted by atomic mass is 16.5. The monoisotopic (exact) mass is 168 g/mol. The maximum Gasteiger partial charge on any atom is 0.322 e. The summed E-state index contributed by atoms with van der Waals surface area (Å²) in [6.07, 6.45) is 4.96. The lowest BCUT2D eigenvalue weighted by molar-refractivity contribution is -0.141. The fourth-order valence-corrected chi connectivity index (χ4v) is 0.810. The zero-order valence-corrected chi connectivity index (χ0v) is 8.02. The first kappa shape index (κ1) is 11.0. The minimum absolute atomic E-state index is 0.0267. The van der Waals surface area contributed by atoms with E-state index in [0.29, 0.717) is 0 Å². The van der Waals surface area contributed by atoms with Crippen LogP contribution in [0.25, 0.3) is 0 Å². The Hall–Kier alpha value is -0.970. The van der Waals surface area contributed by atoms with Crippen molar-refractivity contribution in [2.75, 3.05) is 0 Å². The maximum atomic E-state index is 11.1. The van der Waals surface area contributed by atoms with Crippen molar-refractivity contribution in [1.82, 2.24) is 0 Å². The maximum absolute atomic E-state index is 11.1. The van der Waals surface area contributed by atoms with Gasteiger partial charge in [-0.3, -0.25) is 4.79 Å². The average molecular weight is 168 g/mol. The average Bonchev–Trinajstić information content (AvgIpc) is 2.05. The van der Waals surface area contributed by atoms with Gasteiger partial charge in [0.2, 0.25) is 0 Å². The van der Waals surface area contributed by atoms with Gasteiger partial charge in [-0.1, -0.05) is 33.1 Å². The number of esters is 1. The molecule has 0 heterocycles. The van der Waals surface area contributed by atoms with Gasteiger partial charge in [0.15, 0.2) is 0 Å². The molecule has 0 bridgehead atoms. The van der Waals surface area contributed by atoms with Crippen LogP contribution in [0, 0.1) is 17.9 Å². The Bertz CT molecular complexity index is 186. The van der Waals surface area contributed by atoms with Gasteiger partial charge in [0.25, 0.3) is 0 Å². The first-order valence-corrected chi connectivity index (χ1v) is 4.40. The Kier molecular flexibility index (Phi) is 6.18. The topological polar surface area (TPSA) is 26.3 Å². The van der Waals surface area contributed by atoms with E-state index < -0.39 is 0 Å². The van der Waals surface area contributed by atoms with E-state index in [0.717, 1.165) is 19.3 Å². The SMILES string of the molecule is CCC#COC(=O)C(C)CCC. The Labute approximate surface area is 74.3 Å². The van der Waals surface area contributed by atoms with E-state index in [9.17, 15) is 4.79 Å². The minimum Gasteiger partial charge on any atom is -0.372 e. The van der Waals surface area contributed by atoms with Gasteiger partial charge in [-0.05, 0) is 6.42 Å². The molecule has 0 aromatic heterocycles. The summed E-state index contributed by atoms with van der Waals surface area (Å²) in [7, 11) is 0. The van der Waals surface area contributed by atoms with Gasteiger partial charge in [-0.15, -0.1) is 0 Å². The molecule has 0 aromatic carbocycles. The molecule has 68 valence electrons. The van der Waals surface area contributed by atoms with E-state index in [1.54, 1.807) is 0 Å². The van der Waals surface area contributed by atoms with Crippen molar-refractivity contribution >= 4 is 5.97 Å². The van der Waals surface area contributed by atoms with E-state index >= 15 is 0 Å². The van der Waals surface area contributed by atoms with Crippen molar-refractivity contribution in [3.8, 4) is 12.0 Å². The highest BCUT2D eigenvalue weighted by Gasteiger charge is 2.11. The van der Waals surface area contributed by atoms with E-state index in [1.165, 1.54) is 0 Å². The van der Waals surface area contributed by atoms with Crippen molar-refractivity contribution in [2.24, 2.45) is 5.92 Å². The molecule has 1 unspecified atom stereocenters. The smallest absolute Gasteiger partial charge is 0.322 e. The third-order valence-electron chi connectivity index (χ3n) is 1.52. The predicted molar refractivity (Wildman–Crippen MR) is 48.2 cm³/mol. The Morgan fingerprint density at radius 2 is 2.17 bits per heavy atom. The molecule has 0 saturated carbocycles. The normalized spacial score (nSPS) is 11.2. The number of rotatable bonds is 3. The van der Waals surface area contributed by atoms with E-state index in [4.69, 9.17) is 4.74 Å². The summed E-state index contributed by atoms with van der Waals surface area (Å²) < 4.78 is 4.70. The van der Waals surface area contributed by atoms with Gasteiger partial charge < -0.3 is 4.74 Å². The zero-order valence-electron chi connectivity index (χ0n) is 8.02. The largest absolute Gasteiger partial charge is 0.372 e. The lowest BCUT2D eigenvalue weighted by Gasteiger charge is -2.04. The van der Waals surface area contributed by atoms with Crippen LogP contribution in [0.5, 0.6) is 0 Å². The molecule has 12 heavy (non-hydrogen) atoms. The van der Waals surface area contributed by atoms with Crippen LogP contribution >= 0.6 is 0 Å². The first-order valence-electron chi connectivity index (χ1n) is 4.40. The van der Waals surface area contributed by atoms with Crippen LogP contribution in [-0.2, 0) is 9.53 Å². The quantitative estimate of drug-likeness (QED) is 0.477. The molecule has 0 saturated heterocycles. The van der Waals surface area contributed by atoms with Crippen molar-refractivity contribution in [2.45, 2.75) is 40.0 Å². The van der Waals surface area contributed by atoms with Crippen molar-refractivity contribution < 1.29 is 9.53 Å². The van der Waals surface area contributed by atoms with Gasteiger partial charge in [0.05, 0.1) is 5.92 Å². The molecular formula is C10H16O2. The Balaban J connectivity index is 3.71. The summed E-state index contributed by atoms with van der Waals surface area (Å²) in [4.78, 5) is 11.1. The lowest BCUT2D eigenvalue weighted by atomic mass is 10.1. The Morgan fingerprint density at radius 1 is 1.50 bits per heavy atom. The highest BCUT2D eigenvalue weighted by Crippen LogP contribution is 2.06. The van der Waals surface area contributed by atoms with Crippen LogP contribution in [-0.4, -0.2) is 5.97 Å². The highest BCUT2D eigenvalue weighted by molar-refractivity contribution is 5.72. The second kappa shape index (κ2) is 6.72. The molecule has 0 fully saturated rings. The fourth-order valence-electron chi connectivity index (χ4n) is 0.810. The molecule has 0 spiro atoms. The lowest BCUT2D eigenvalue weighted by Crippen LogP contribution is -2.11. The summed E-state index contributed by atoms with van der Waals surface area (Å²) in [5, 5.41) is 0. The van der Waals surface area contributed by atoms with Crippen LogP contribution in [0.1, 0.15) is 40.0 Å². The summed E-state index contributed by atoms with van der Waals surface area (Å²) in [5.74, 6) is 2.45. The number of hydrogen-bond acceptors (Lipinski definition) is 2. The number of hydrogen-bond donors (Lipinski definition) is 0. The van der Waals surface area contributed by atoms with E-state index in [2.05, 4.69) is 12.0 Å². The standard InChI is InChI=1S/C10H16O2/c1-4-6-8-12-10(11)9(3)7-5-2/h9H,4-5,7H2,1-3H3. The number of carbonyl (C=O) groups excluding carboxylic acids is 1. The van der Waals surface area contributed by atoms with Crippen molar-refractivity contribution in [1.29, 1.82) is 0 Å². The minimum atomic E-state index is -0.210. The van der Waals surface area contributed by atoms with E-state index in [1.807, 2.05) is 20.8 Å². The van der Waals surface area contributed by atoms with Crippen molar-refractivity contribution in [3.63, 3.8) is 0 Å². The first-order chi connectivity index (χ1) is 5.72. The van der Waals surface area contributed by atoms with Gasteiger partial charge in [0, 0.05) is 6.42 Å². The molecule has 0 rings (SSSR count). The molecule has 0 aliphatic rings. The summed E-state index contributed by atoms with van der Waals surface area (Å²) in [6.45, 7) is 5.82. The molecule has 2 heteroatoms. The van der Waals surface area contributed by atoms with Crippen LogP contribution < -0.4 is 0 Å². The second-order valence-corrected chi connectivity index (χ2v) is 2.74. The molecule has 1 atom stereocenters. The Morgan fingerprint density at radius 3 is 2.67 bits per heavy atom. The molecule has 0 aliphatic carbocycles. The summed E-state index contributed by atoms with van der Waals surface area (Å²) in [5.41, 5.74) is 0. The van der Waals surface area contributed by atoms with Gasteiger partial charge in [-0.25, -0.2) is 0 Å². The molecule has 2 nitrogen and oxygen atoms in total. The van der Waals surface area contributed by atoms with Crippen molar-refractivity contribution in [3.05, 3.63) is 0 Å². The van der Waals surface area contributed by atoms with Crippen LogP contribution in [0.3, 0.4) is 0 Å². The van der Waals surface area contributed by atoms with Crippen LogP contribution in [0.2, 0.25) is 0 Å². The van der Waals surface area contributed by atoms with Crippen LogP contribution in [0.15, 0.2) is 0 Å². The summed E-state index contributed by atoms with van der Waals surface area (Å²) >= 11 is 0. The predicted octanol–water partition coefficient (Wildman–Crippen LogP) is 2.34. The van der Waals surface area contributed by atoms with Gasteiger partial charge >= 0.3 is 5.97 Å². The van der Waals surface area contributed by atoms with Gasteiger partial charge in [-0.2, -0.15) is 0 Å². The number of carbonyl (C=O) groups is 1. The second-order valence-electron chi connectivity index (χ2n) is 2.74. The molecule has 0 aromatic rings. The third-order valence-corrected chi connectivity index (χ3v) is 1.52. The zero-order chi connectivity index (χ0) is 9.40. The number of ether oxygens (including phenoxy) is 1. The van der Waals surface area contributed by atoms with E-state index in [-0.39, 0.29) is 11.9 Å². The molecule has 0 radical (unpaired) electrons. The fraction of sp³-hybridized carbons (Fsp3) is 0.700.